The van der Waals surface area contributed by atoms with Crippen molar-refractivity contribution in [3.63, 3.8) is 0 Å². The summed E-state index contributed by atoms with van der Waals surface area (Å²) in [6.45, 7) is 3.14. The smallest absolute Gasteiger partial charge is 0.303 e. The lowest BCUT2D eigenvalue weighted by Crippen LogP contribution is -2.29. The second-order valence-corrected chi connectivity index (χ2v) is 7.40. The van der Waals surface area contributed by atoms with Crippen LogP contribution in [0.4, 0.5) is 0 Å². The molecule has 0 bridgehead atoms. The third-order valence-corrected chi connectivity index (χ3v) is 4.76. The van der Waals surface area contributed by atoms with Crippen LogP contribution in [0.15, 0.2) is 59.5 Å². The van der Waals surface area contributed by atoms with Crippen LogP contribution in [0.3, 0.4) is 0 Å². The number of hydrogen-bond acceptors (Lipinski definition) is 6. The molecule has 0 radical (unpaired) electrons. The molecule has 0 aliphatic carbocycles. The highest BCUT2D eigenvalue weighted by Crippen LogP contribution is 2.14. The van der Waals surface area contributed by atoms with E-state index in [0.29, 0.717) is 6.61 Å². The Bertz CT molecular complexity index is 800. The van der Waals surface area contributed by atoms with E-state index in [0.717, 1.165) is 11.1 Å². The van der Waals surface area contributed by atoms with Gasteiger partial charge in [0, 0.05) is 6.92 Å². The van der Waals surface area contributed by atoms with Gasteiger partial charge in [-0.05, 0) is 24.6 Å². The summed E-state index contributed by atoms with van der Waals surface area (Å²) in [5, 5.41) is 0. The molecule has 7 heteroatoms. The molecule has 0 saturated heterocycles. The highest BCUT2D eigenvalue weighted by atomic mass is 32.2. The van der Waals surface area contributed by atoms with Crippen LogP contribution in [0.1, 0.15) is 18.1 Å². The van der Waals surface area contributed by atoms with E-state index in [1.54, 1.807) is 12.1 Å². The summed E-state index contributed by atoms with van der Waals surface area (Å²) in [6.07, 6.45) is -0.823. The molecule has 0 aliphatic rings. The van der Waals surface area contributed by atoms with Crippen LogP contribution >= 0.6 is 0 Å². The van der Waals surface area contributed by atoms with E-state index in [4.69, 9.17) is 13.7 Å². The van der Waals surface area contributed by atoms with Crippen molar-refractivity contribution in [3.05, 3.63) is 65.7 Å². The first-order valence-corrected chi connectivity index (χ1v) is 9.52. The predicted molar refractivity (Wildman–Crippen MR) is 96.0 cm³/mol. The van der Waals surface area contributed by atoms with Crippen LogP contribution in [-0.4, -0.2) is 33.7 Å². The molecular weight excluding hydrogens is 356 g/mol. The fourth-order valence-corrected chi connectivity index (χ4v) is 3.11. The van der Waals surface area contributed by atoms with Gasteiger partial charge in [0.15, 0.2) is 0 Å². The van der Waals surface area contributed by atoms with E-state index in [9.17, 15) is 13.2 Å². The number of esters is 1. The lowest BCUT2D eigenvalue weighted by Gasteiger charge is -2.17. The van der Waals surface area contributed by atoms with E-state index in [1.807, 2.05) is 37.3 Å². The Labute approximate surface area is 153 Å². The summed E-state index contributed by atoms with van der Waals surface area (Å²) < 4.78 is 40.1. The Morgan fingerprint density at radius 1 is 1.00 bits per heavy atom. The summed E-state index contributed by atoms with van der Waals surface area (Å²) in [4.78, 5) is 11.3. The number of benzene rings is 2. The molecule has 0 fully saturated rings. The zero-order valence-electron chi connectivity index (χ0n) is 14.8. The maximum Gasteiger partial charge on any atom is 0.303 e. The van der Waals surface area contributed by atoms with Crippen molar-refractivity contribution in [2.24, 2.45) is 0 Å². The number of rotatable bonds is 9. The number of hydrogen-bond donors (Lipinski definition) is 0. The number of aryl methyl sites for hydroxylation is 1. The highest BCUT2D eigenvalue weighted by molar-refractivity contribution is 7.86. The van der Waals surface area contributed by atoms with E-state index in [-0.39, 0.29) is 18.1 Å². The highest BCUT2D eigenvalue weighted by Gasteiger charge is 2.20. The lowest BCUT2D eigenvalue weighted by atomic mass is 10.2. The second-order valence-electron chi connectivity index (χ2n) is 5.78. The second kappa shape index (κ2) is 9.47. The number of carbonyl (C=O) groups excluding carboxylic acids is 1. The average molecular weight is 378 g/mol. The van der Waals surface area contributed by atoms with Gasteiger partial charge in [0.25, 0.3) is 10.1 Å². The van der Waals surface area contributed by atoms with Crippen LogP contribution in [0.2, 0.25) is 0 Å². The molecule has 0 amide bonds. The zero-order valence-corrected chi connectivity index (χ0v) is 15.6. The van der Waals surface area contributed by atoms with E-state index in [1.165, 1.54) is 19.1 Å². The first-order valence-electron chi connectivity index (χ1n) is 8.12. The van der Waals surface area contributed by atoms with Crippen LogP contribution in [0.25, 0.3) is 0 Å². The van der Waals surface area contributed by atoms with Crippen molar-refractivity contribution in [2.45, 2.75) is 31.5 Å². The largest absolute Gasteiger partial charge is 0.458 e. The molecule has 140 valence electrons. The van der Waals surface area contributed by atoms with Gasteiger partial charge in [-0.2, -0.15) is 8.42 Å². The van der Waals surface area contributed by atoms with Crippen LogP contribution in [-0.2, 0) is 35.2 Å². The predicted octanol–water partition coefficient (Wildman–Crippen LogP) is 2.85. The minimum Gasteiger partial charge on any atom is -0.458 e. The lowest BCUT2D eigenvalue weighted by molar-refractivity contribution is -0.151. The van der Waals surface area contributed by atoms with Crippen molar-refractivity contribution < 1.29 is 26.9 Å². The molecule has 26 heavy (non-hydrogen) atoms. The Morgan fingerprint density at radius 2 is 1.65 bits per heavy atom. The van der Waals surface area contributed by atoms with Crippen molar-refractivity contribution in [3.8, 4) is 0 Å². The fourth-order valence-electron chi connectivity index (χ4n) is 2.17. The molecule has 0 spiro atoms. The SMILES string of the molecule is CC(=O)OC(COCc1ccccc1)COS(=O)(=O)c1ccc(C)cc1. The molecule has 2 aromatic carbocycles. The molecule has 1 unspecified atom stereocenters. The normalized spacial score (nSPS) is 12.5. The standard InChI is InChI=1S/C19H22O6S/c1-15-8-10-19(11-9-15)26(21,22)24-14-18(25-16(2)20)13-23-12-17-6-4-3-5-7-17/h3-11,18H,12-14H2,1-2H3. The topological polar surface area (TPSA) is 78.9 Å². The number of carbonyl (C=O) groups is 1. The number of ether oxygens (including phenoxy) is 2. The molecule has 1 atom stereocenters. The van der Waals surface area contributed by atoms with Gasteiger partial charge in [-0.3, -0.25) is 8.98 Å². The third-order valence-electron chi connectivity index (χ3n) is 3.47. The molecule has 6 nitrogen and oxygen atoms in total. The quantitative estimate of drug-likeness (QED) is 0.493. The van der Waals surface area contributed by atoms with E-state index < -0.39 is 22.2 Å². The molecule has 0 aromatic heterocycles. The molecule has 0 heterocycles. The van der Waals surface area contributed by atoms with Gasteiger partial charge in [0.05, 0.1) is 18.1 Å². The van der Waals surface area contributed by atoms with Gasteiger partial charge in [-0.1, -0.05) is 48.0 Å². The molecule has 0 aliphatic heterocycles. The Hall–Kier alpha value is -2.22. The summed E-state index contributed by atoms with van der Waals surface area (Å²) in [6, 6.07) is 15.8. The first-order chi connectivity index (χ1) is 12.4. The van der Waals surface area contributed by atoms with Crippen LogP contribution in [0.5, 0.6) is 0 Å². The Kier molecular flexibility index (Phi) is 7.32. The summed E-state index contributed by atoms with van der Waals surface area (Å²) in [5.74, 6) is -0.533. The third kappa shape index (κ3) is 6.59. The summed E-state index contributed by atoms with van der Waals surface area (Å²) >= 11 is 0. The van der Waals surface area contributed by atoms with Gasteiger partial charge in [0.1, 0.15) is 12.7 Å². The maximum absolute atomic E-state index is 12.2. The molecule has 0 N–H and O–H groups in total. The first kappa shape index (κ1) is 20.1. The maximum atomic E-state index is 12.2. The minimum absolute atomic E-state index is 0.0257. The molecule has 0 saturated carbocycles. The molecule has 2 aromatic rings. The van der Waals surface area contributed by atoms with Crippen molar-refractivity contribution in [1.82, 2.24) is 0 Å². The molecule has 2 rings (SSSR count). The van der Waals surface area contributed by atoms with Crippen LogP contribution < -0.4 is 0 Å². The van der Waals surface area contributed by atoms with Gasteiger partial charge in [0.2, 0.25) is 0 Å². The van der Waals surface area contributed by atoms with Crippen molar-refractivity contribution in [2.75, 3.05) is 13.2 Å². The average Bonchev–Trinajstić information content (AvgIpc) is 2.60. The van der Waals surface area contributed by atoms with E-state index in [2.05, 4.69) is 0 Å². The molecular formula is C19H22O6S. The van der Waals surface area contributed by atoms with Gasteiger partial charge < -0.3 is 9.47 Å². The summed E-state index contributed by atoms with van der Waals surface area (Å²) in [7, 11) is -3.93. The fraction of sp³-hybridized carbons (Fsp3) is 0.316. The van der Waals surface area contributed by atoms with Crippen LogP contribution in [0, 0.1) is 6.92 Å². The summed E-state index contributed by atoms with van der Waals surface area (Å²) in [5.41, 5.74) is 1.90. The minimum atomic E-state index is -3.93. The van der Waals surface area contributed by atoms with E-state index >= 15 is 0 Å². The van der Waals surface area contributed by atoms with Crippen molar-refractivity contribution >= 4 is 16.1 Å². The monoisotopic (exact) mass is 378 g/mol. The zero-order chi connectivity index (χ0) is 19.0. The Balaban J connectivity index is 1.92. The Morgan fingerprint density at radius 3 is 2.27 bits per heavy atom. The van der Waals surface area contributed by atoms with Gasteiger partial charge in [-0.15, -0.1) is 0 Å². The van der Waals surface area contributed by atoms with Gasteiger partial charge >= 0.3 is 5.97 Å². The van der Waals surface area contributed by atoms with Gasteiger partial charge in [-0.25, -0.2) is 0 Å². The van der Waals surface area contributed by atoms with Crippen molar-refractivity contribution in [1.29, 1.82) is 0 Å².